The Labute approximate surface area is 234 Å². The first-order valence-electron chi connectivity index (χ1n) is 13.6. The van der Waals surface area contributed by atoms with Gasteiger partial charge in [0.2, 0.25) is 0 Å². The van der Waals surface area contributed by atoms with E-state index in [1.54, 1.807) is 0 Å². The van der Waals surface area contributed by atoms with Gasteiger partial charge < -0.3 is 10.2 Å². The summed E-state index contributed by atoms with van der Waals surface area (Å²) in [6.07, 6.45) is 0. The number of aryl methyl sites for hydroxylation is 4. The topological polar surface area (TPSA) is 57.8 Å². The van der Waals surface area contributed by atoms with Gasteiger partial charge in [0.15, 0.2) is 17.5 Å². The van der Waals surface area contributed by atoms with Crippen molar-refractivity contribution >= 4 is 34.6 Å². The highest BCUT2D eigenvalue weighted by molar-refractivity contribution is 6.51. The lowest BCUT2D eigenvalue weighted by atomic mass is 9.90. The van der Waals surface area contributed by atoms with Crippen molar-refractivity contribution in [3.63, 3.8) is 0 Å². The van der Waals surface area contributed by atoms with Gasteiger partial charge in [-0.1, -0.05) is 71.8 Å². The third kappa shape index (κ3) is 3.92. The maximum absolute atomic E-state index is 5.34. The molecule has 6 nitrogen and oxygen atoms in total. The number of aromatic nitrogens is 2. The van der Waals surface area contributed by atoms with Gasteiger partial charge in [0.25, 0.3) is 0 Å². The van der Waals surface area contributed by atoms with Crippen LogP contribution < -0.4 is 10.2 Å². The van der Waals surface area contributed by atoms with Crippen LogP contribution in [0.1, 0.15) is 39.6 Å². The summed E-state index contributed by atoms with van der Waals surface area (Å²) in [5, 5.41) is 8.64. The fourth-order valence-corrected chi connectivity index (χ4v) is 5.63. The van der Waals surface area contributed by atoms with Crippen LogP contribution in [0, 0.1) is 27.7 Å². The van der Waals surface area contributed by atoms with Gasteiger partial charge in [-0.25, -0.2) is 14.7 Å². The summed E-state index contributed by atoms with van der Waals surface area (Å²) < 4.78 is 1.98. The van der Waals surface area contributed by atoms with Crippen molar-refractivity contribution in [2.75, 3.05) is 10.2 Å². The van der Waals surface area contributed by atoms with Crippen LogP contribution in [-0.2, 0) is 0 Å². The maximum Gasteiger partial charge on any atom is 0.179 e. The molecule has 40 heavy (non-hydrogen) atoms. The predicted molar refractivity (Wildman–Crippen MR) is 164 cm³/mol. The summed E-state index contributed by atoms with van der Waals surface area (Å²) in [6.45, 7) is 8.45. The molecule has 0 aliphatic carbocycles. The molecule has 3 heterocycles. The molecule has 0 saturated heterocycles. The summed E-state index contributed by atoms with van der Waals surface area (Å²) in [5.74, 6) is 2.31. The zero-order valence-electron chi connectivity index (χ0n) is 23.1. The van der Waals surface area contributed by atoms with Crippen LogP contribution in [0.3, 0.4) is 0 Å². The van der Waals surface area contributed by atoms with Crippen molar-refractivity contribution in [3.05, 3.63) is 131 Å². The number of fused-ring (bicyclic) bond motifs is 4. The van der Waals surface area contributed by atoms with Gasteiger partial charge in [-0.2, -0.15) is 5.10 Å². The number of anilines is 2. The Morgan fingerprint density at radius 2 is 1.38 bits per heavy atom. The highest BCUT2D eigenvalue weighted by Crippen LogP contribution is 2.48. The van der Waals surface area contributed by atoms with E-state index < -0.39 is 0 Å². The molecule has 2 aliphatic rings. The van der Waals surface area contributed by atoms with Crippen molar-refractivity contribution in [3.8, 4) is 5.69 Å². The first-order valence-corrected chi connectivity index (χ1v) is 13.6. The van der Waals surface area contributed by atoms with Gasteiger partial charge in [-0.15, -0.1) is 0 Å². The number of para-hydroxylation sites is 2. The van der Waals surface area contributed by atoms with E-state index in [9.17, 15) is 0 Å². The fourth-order valence-electron chi connectivity index (χ4n) is 5.63. The monoisotopic (exact) mass is 522 g/mol. The van der Waals surface area contributed by atoms with E-state index in [1.165, 1.54) is 22.3 Å². The highest BCUT2D eigenvalue weighted by Gasteiger charge is 2.41. The third-order valence-corrected chi connectivity index (χ3v) is 7.71. The van der Waals surface area contributed by atoms with Gasteiger partial charge in [0, 0.05) is 11.3 Å². The normalized spacial score (nSPS) is 15.5. The summed E-state index contributed by atoms with van der Waals surface area (Å²) >= 11 is 0. The molecule has 196 valence electrons. The van der Waals surface area contributed by atoms with Crippen LogP contribution in [0.4, 0.5) is 22.9 Å². The summed E-state index contributed by atoms with van der Waals surface area (Å²) in [5.41, 5.74) is 10.8. The largest absolute Gasteiger partial charge is 0.337 e. The number of amidine groups is 2. The molecule has 4 aromatic carbocycles. The van der Waals surface area contributed by atoms with E-state index >= 15 is 0 Å². The average molecular weight is 523 g/mol. The second kappa shape index (κ2) is 9.35. The lowest BCUT2D eigenvalue weighted by Gasteiger charge is -2.41. The van der Waals surface area contributed by atoms with Crippen molar-refractivity contribution in [1.82, 2.24) is 9.78 Å². The molecule has 1 atom stereocenters. The van der Waals surface area contributed by atoms with E-state index in [0.29, 0.717) is 5.84 Å². The van der Waals surface area contributed by atoms with Crippen LogP contribution in [0.5, 0.6) is 0 Å². The molecule has 1 aromatic heterocycles. The molecule has 1 N–H and O–H groups in total. The van der Waals surface area contributed by atoms with Crippen LogP contribution >= 0.6 is 0 Å². The van der Waals surface area contributed by atoms with E-state index in [-0.39, 0.29) is 6.04 Å². The molecule has 6 heteroatoms. The van der Waals surface area contributed by atoms with Crippen LogP contribution in [-0.4, -0.2) is 21.5 Å². The Bertz CT molecular complexity index is 1810. The minimum atomic E-state index is -0.130. The Morgan fingerprint density at radius 1 is 0.700 bits per heavy atom. The van der Waals surface area contributed by atoms with Gasteiger partial charge in [-0.3, -0.25) is 0 Å². The lowest BCUT2D eigenvalue weighted by molar-refractivity contribution is 0.809. The lowest BCUT2D eigenvalue weighted by Crippen LogP contribution is -2.46. The van der Waals surface area contributed by atoms with Gasteiger partial charge in [0.05, 0.1) is 28.8 Å². The molecule has 0 fully saturated rings. The van der Waals surface area contributed by atoms with Crippen molar-refractivity contribution in [1.29, 1.82) is 0 Å². The van der Waals surface area contributed by atoms with Crippen molar-refractivity contribution in [2.45, 2.75) is 33.7 Å². The Kier molecular flexibility index (Phi) is 5.63. The average Bonchev–Trinajstić information content (AvgIpc) is 3.30. The molecule has 2 aliphatic heterocycles. The first-order chi connectivity index (χ1) is 19.5. The van der Waals surface area contributed by atoms with Gasteiger partial charge in [0.1, 0.15) is 0 Å². The first kappa shape index (κ1) is 24.1. The quantitative estimate of drug-likeness (QED) is 0.262. The second-order valence-electron chi connectivity index (χ2n) is 10.6. The SMILES string of the molecule is Cc1ccc(NC2=Nc3ccccc3N3C2=Nc2c(c(C)nn2-c2ccc(C)cc2)C3c2ccccc2C)cc1. The van der Waals surface area contributed by atoms with Crippen molar-refractivity contribution in [2.24, 2.45) is 9.98 Å². The minimum Gasteiger partial charge on any atom is -0.337 e. The summed E-state index contributed by atoms with van der Waals surface area (Å²) in [6, 6.07) is 33.6. The number of nitrogens with zero attached hydrogens (tertiary/aromatic N) is 5. The number of nitrogens with one attached hydrogen (secondary N) is 1. The number of hydrogen-bond acceptors (Lipinski definition) is 5. The molecule has 1 unspecified atom stereocenters. The molecule has 7 rings (SSSR count). The van der Waals surface area contributed by atoms with Crippen LogP contribution in [0.15, 0.2) is 107 Å². The van der Waals surface area contributed by atoms with E-state index in [2.05, 4.69) is 129 Å². The minimum absolute atomic E-state index is 0.130. The van der Waals surface area contributed by atoms with E-state index in [0.717, 1.165) is 45.7 Å². The smallest absolute Gasteiger partial charge is 0.179 e. The number of rotatable bonds is 3. The van der Waals surface area contributed by atoms with Crippen molar-refractivity contribution < 1.29 is 0 Å². The van der Waals surface area contributed by atoms with Crippen LogP contribution in [0.25, 0.3) is 5.69 Å². The Balaban J connectivity index is 1.50. The molecular weight excluding hydrogens is 492 g/mol. The molecule has 0 bridgehead atoms. The molecule has 0 radical (unpaired) electrons. The fraction of sp³-hybridized carbons (Fsp3) is 0.147. The molecule has 5 aromatic rings. The Hall–Kier alpha value is -4.97. The standard InChI is InChI=1S/C34H30N6/c1-21-13-17-25(18-14-21)35-32-34-37-33-30(24(4)38-40(33)26-19-15-22(2)16-20-26)31(27-10-6-5-9-23(27)3)39(34)29-12-8-7-11-28(29)36-32/h5-20,31H,1-4H3,(H,35,36). The molecule has 0 saturated carbocycles. The third-order valence-electron chi connectivity index (χ3n) is 7.71. The van der Waals surface area contributed by atoms with Gasteiger partial charge in [-0.05, 0) is 75.2 Å². The maximum atomic E-state index is 5.34. The summed E-state index contributed by atoms with van der Waals surface area (Å²) in [7, 11) is 0. The molecule has 0 amide bonds. The second-order valence-corrected chi connectivity index (χ2v) is 10.6. The number of benzene rings is 4. The van der Waals surface area contributed by atoms with E-state index in [4.69, 9.17) is 15.1 Å². The van der Waals surface area contributed by atoms with Crippen LogP contribution in [0.2, 0.25) is 0 Å². The summed E-state index contributed by atoms with van der Waals surface area (Å²) in [4.78, 5) is 12.8. The zero-order chi connectivity index (χ0) is 27.4. The Morgan fingerprint density at radius 3 is 2.12 bits per heavy atom. The molecule has 0 spiro atoms. The zero-order valence-corrected chi connectivity index (χ0v) is 23.1. The predicted octanol–water partition coefficient (Wildman–Crippen LogP) is 7.90. The molecular formula is C34H30N6. The van der Waals surface area contributed by atoms with E-state index in [1.807, 2.05) is 10.7 Å². The number of hydrogen-bond donors (Lipinski definition) is 1. The highest BCUT2D eigenvalue weighted by atomic mass is 15.4. The van der Waals surface area contributed by atoms with Gasteiger partial charge >= 0.3 is 0 Å². The number of aliphatic imine (C=N–C) groups is 2.